The van der Waals surface area contributed by atoms with E-state index in [0.29, 0.717) is 0 Å². The molecule has 1 aliphatic heterocycles. The monoisotopic (exact) mass is 425 g/mol. The van der Waals surface area contributed by atoms with Crippen LogP contribution in [-0.2, 0) is 15.6 Å². The number of hydrogen-bond acceptors (Lipinski definition) is 7. The van der Waals surface area contributed by atoms with Crippen LogP contribution in [0.3, 0.4) is 0 Å². The summed E-state index contributed by atoms with van der Waals surface area (Å²) in [6.07, 6.45) is 2.42. The number of ether oxygens (including phenoxy) is 1. The van der Waals surface area contributed by atoms with Crippen molar-refractivity contribution in [2.45, 2.75) is 12.5 Å². The number of anilines is 1. The standard InChI is InChI=1S/C17H19FN6O4S/c1-17(9-29(26,27)24(2)16(19)23-17)11-6-10(4-5-12(11)18)22-15(25)13-7-21-14(28-3)8-20-13/h4-8H,9H2,1-3H3,(H2,19,23)(H,22,25)/t17-/m0/s1/i2D3. The smallest absolute Gasteiger partial charge is 0.275 e. The average molecular weight is 425 g/mol. The first kappa shape index (κ1) is 16.7. The van der Waals surface area contributed by atoms with Crippen LogP contribution in [0.5, 0.6) is 5.88 Å². The van der Waals surface area contributed by atoms with Crippen LogP contribution in [0.1, 0.15) is 27.1 Å². The normalized spacial score (nSPS) is 22.7. The Labute approximate surface area is 170 Å². The van der Waals surface area contributed by atoms with Crippen LogP contribution in [0.2, 0.25) is 0 Å². The molecule has 2 heterocycles. The largest absolute Gasteiger partial charge is 0.480 e. The van der Waals surface area contributed by atoms with E-state index < -0.39 is 46.0 Å². The fourth-order valence-corrected chi connectivity index (χ4v) is 4.23. The summed E-state index contributed by atoms with van der Waals surface area (Å²) in [5, 5.41) is 12.9. The molecule has 1 aliphatic rings. The highest BCUT2D eigenvalue weighted by molar-refractivity contribution is 7.89. The Balaban J connectivity index is 1.91. The Morgan fingerprint density at radius 1 is 1.45 bits per heavy atom. The number of nitrogens with zero attached hydrogens (tertiary/aromatic N) is 3. The molecule has 0 spiro atoms. The van der Waals surface area contributed by atoms with Gasteiger partial charge in [0, 0.05) is 22.3 Å². The molecule has 0 bridgehead atoms. The molecule has 0 unspecified atom stereocenters. The van der Waals surface area contributed by atoms with E-state index in [1.165, 1.54) is 38.6 Å². The third-order valence-electron chi connectivity index (χ3n) is 4.24. The predicted octanol–water partition coefficient (Wildman–Crippen LogP) is 0.891. The molecule has 0 radical (unpaired) electrons. The van der Waals surface area contributed by atoms with E-state index in [-0.39, 0.29) is 27.1 Å². The fraction of sp³-hybridized carbons (Fsp3) is 0.294. The first-order valence-corrected chi connectivity index (χ1v) is 9.75. The van der Waals surface area contributed by atoms with Gasteiger partial charge in [0.15, 0.2) is 0 Å². The maximum atomic E-state index is 14.7. The van der Waals surface area contributed by atoms with Gasteiger partial charge in [-0.05, 0) is 25.1 Å². The van der Waals surface area contributed by atoms with Gasteiger partial charge in [-0.3, -0.25) is 10.2 Å². The Morgan fingerprint density at radius 3 is 2.79 bits per heavy atom. The highest BCUT2D eigenvalue weighted by Gasteiger charge is 2.43. The second-order valence-electron chi connectivity index (χ2n) is 6.42. The summed E-state index contributed by atoms with van der Waals surface area (Å²) in [6.45, 7) is -1.80. The van der Waals surface area contributed by atoms with Gasteiger partial charge in [-0.2, -0.15) is 0 Å². The molecule has 0 saturated carbocycles. The van der Waals surface area contributed by atoms with Crippen molar-refractivity contribution in [1.29, 1.82) is 5.41 Å². The zero-order valence-electron chi connectivity index (χ0n) is 18.4. The lowest BCUT2D eigenvalue weighted by Gasteiger charge is -2.40. The topological polar surface area (TPSA) is 137 Å². The molecule has 1 atom stereocenters. The highest BCUT2D eigenvalue weighted by atomic mass is 32.2. The van der Waals surface area contributed by atoms with Crippen LogP contribution in [0, 0.1) is 11.2 Å². The lowest BCUT2D eigenvalue weighted by molar-refractivity contribution is 0.102. The Bertz CT molecular complexity index is 1180. The number of hydrogen-bond donors (Lipinski definition) is 3. The number of rotatable bonds is 4. The van der Waals surface area contributed by atoms with Gasteiger partial charge in [0.1, 0.15) is 11.5 Å². The molecule has 1 fully saturated rings. The molecule has 1 saturated heterocycles. The Morgan fingerprint density at radius 2 is 2.21 bits per heavy atom. The fourth-order valence-electron chi connectivity index (χ4n) is 2.82. The SMILES string of the molecule is [2H]C([2H])([2H])N1C(=N)N[C@](C)(c2cc(NC(=O)c3cnc(OC)cn3)ccc2F)CS1(=O)=O. The van der Waals surface area contributed by atoms with Crippen molar-refractivity contribution in [3.63, 3.8) is 0 Å². The van der Waals surface area contributed by atoms with E-state index in [1.54, 1.807) is 0 Å². The van der Waals surface area contributed by atoms with E-state index in [2.05, 4.69) is 20.6 Å². The first-order valence-electron chi connectivity index (χ1n) is 9.64. The number of carbonyl (C=O) groups is 1. The zero-order valence-corrected chi connectivity index (χ0v) is 16.2. The molecule has 1 amide bonds. The van der Waals surface area contributed by atoms with Crippen molar-refractivity contribution in [1.82, 2.24) is 19.6 Å². The Kier molecular flexibility index (Phi) is 4.18. The summed E-state index contributed by atoms with van der Waals surface area (Å²) in [5.74, 6) is -3.02. The lowest BCUT2D eigenvalue weighted by Crippen LogP contribution is -2.61. The summed E-state index contributed by atoms with van der Waals surface area (Å²) in [6, 6.07) is 3.48. The minimum Gasteiger partial charge on any atom is -0.480 e. The maximum Gasteiger partial charge on any atom is 0.275 e. The van der Waals surface area contributed by atoms with Gasteiger partial charge in [-0.1, -0.05) is 0 Å². The number of amides is 1. The van der Waals surface area contributed by atoms with Crippen LogP contribution in [0.15, 0.2) is 30.6 Å². The molecule has 0 aliphatic carbocycles. The number of nitrogens with one attached hydrogen (secondary N) is 3. The second-order valence-corrected chi connectivity index (χ2v) is 8.24. The molecule has 1 aromatic heterocycles. The van der Waals surface area contributed by atoms with Gasteiger partial charge in [-0.15, -0.1) is 0 Å². The first-order chi connectivity index (χ1) is 14.8. The Hall–Kier alpha value is -3.28. The van der Waals surface area contributed by atoms with Crippen molar-refractivity contribution in [2.24, 2.45) is 0 Å². The number of methoxy groups -OCH3 is 1. The average Bonchev–Trinajstić information content (AvgIpc) is 2.66. The van der Waals surface area contributed by atoms with Crippen LogP contribution in [-0.4, -0.2) is 54.4 Å². The summed E-state index contributed by atoms with van der Waals surface area (Å²) in [5.41, 5.74) is -1.79. The van der Waals surface area contributed by atoms with Crippen LogP contribution in [0.25, 0.3) is 0 Å². The van der Waals surface area contributed by atoms with E-state index >= 15 is 0 Å². The third kappa shape index (κ3) is 3.97. The number of carbonyl (C=O) groups excluding carboxylic acids is 1. The van der Waals surface area contributed by atoms with Crippen molar-refractivity contribution in [3.05, 3.63) is 47.7 Å². The van der Waals surface area contributed by atoms with Crippen molar-refractivity contribution in [3.8, 4) is 5.88 Å². The highest BCUT2D eigenvalue weighted by Crippen LogP contribution is 2.31. The van der Waals surface area contributed by atoms with Crippen LogP contribution < -0.4 is 15.4 Å². The molecule has 2 aromatic rings. The second kappa shape index (κ2) is 7.28. The van der Waals surface area contributed by atoms with Crippen molar-refractivity contribution >= 4 is 27.6 Å². The van der Waals surface area contributed by atoms with Crippen molar-refractivity contribution in [2.75, 3.05) is 25.2 Å². The number of guanidine groups is 1. The summed E-state index contributed by atoms with van der Waals surface area (Å²) in [7, 11) is -3.10. The van der Waals surface area contributed by atoms with Crippen LogP contribution >= 0.6 is 0 Å². The quantitative estimate of drug-likeness (QED) is 0.661. The maximum absolute atomic E-state index is 14.7. The van der Waals surface area contributed by atoms with Crippen LogP contribution in [0.4, 0.5) is 10.1 Å². The van der Waals surface area contributed by atoms with Gasteiger partial charge in [-0.25, -0.2) is 27.1 Å². The van der Waals surface area contributed by atoms with Gasteiger partial charge in [0.2, 0.25) is 21.9 Å². The zero-order chi connectivity index (χ0) is 23.9. The predicted molar refractivity (Wildman–Crippen MR) is 103 cm³/mol. The number of halogens is 1. The molecule has 3 rings (SSSR count). The summed E-state index contributed by atoms with van der Waals surface area (Å²) in [4.78, 5) is 20.2. The molecular weight excluding hydrogens is 403 g/mol. The molecule has 3 N–H and O–H groups in total. The van der Waals surface area contributed by atoms with Crippen molar-refractivity contribution < 1.29 is 26.5 Å². The molecule has 1 aromatic carbocycles. The molecule has 10 nitrogen and oxygen atoms in total. The summed E-state index contributed by atoms with van der Waals surface area (Å²) >= 11 is 0. The van der Waals surface area contributed by atoms with E-state index in [9.17, 15) is 17.6 Å². The minimum atomic E-state index is -4.49. The minimum absolute atomic E-state index is 0.0202. The van der Waals surface area contributed by atoms with Gasteiger partial charge >= 0.3 is 0 Å². The van der Waals surface area contributed by atoms with Gasteiger partial charge < -0.3 is 15.4 Å². The lowest BCUT2D eigenvalue weighted by atomic mass is 9.93. The van der Waals surface area contributed by atoms with Gasteiger partial charge in [0.05, 0.1) is 30.8 Å². The third-order valence-corrected chi connectivity index (χ3v) is 5.92. The molecule has 154 valence electrons. The molecule has 12 heteroatoms. The number of aromatic nitrogens is 2. The molecular formula is C17H19FN6O4S. The van der Waals surface area contributed by atoms with E-state index in [4.69, 9.17) is 14.3 Å². The van der Waals surface area contributed by atoms with E-state index in [0.717, 1.165) is 6.07 Å². The van der Waals surface area contributed by atoms with Gasteiger partial charge in [0.25, 0.3) is 5.91 Å². The van der Waals surface area contributed by atoms with E-state index in [1.807, 2.05) is 0 Å². The number of benzene rings is 1. The summed E-state index contributed by atoms with van der Waals surface area (Å²) < 4.78 is 66.8. The number of sulfonamides is 1. The molecule has 29 heavy (non-hydrogen) atoms.